The van der Waals surface area contributed by atoms with E-state index in [9.17, 15) is 19.5 Å². The second-order valence-electron chi connectivity index (χ2n) is 5.31. The lowest BCUT2D eigenvalue weighted by Gasteiger charge is -2.04. The molecule has 2 aromatic rings. The highest BCUT2D eigenvalue weighted by molar-refractivity contribution is 5.95. The highest BCUT2D eigenvalue weighted by Gasteiger charge is 2.14. The van der Waals surface area contributed by atoms with E-state index < -0.39 is 17.8 Å². The number of para-hydroxylation sites is 1. The van der Waals surface area contributed by atoms with Crippen molar-refractivity contribution in [3.8, 4) is 5.75 Å². The first-order valence-electron chi connectivity index (χ1n) is 7.84. The molecule has 0 unspecified atom stereocenters. The van der Waals surface area contributed by atoms with E-state index in [2.05, 4.69) is 20.3 Å². The normalized spacial score (nSPS) is 10.6. The highest BCUT2D eigenvalue weighted by atomic mass is 16.5. The van der Waals surface area contributed by atoms with Crippen molar-refractivity contribution in [2.24, 2.45) is 10.2 Å². The summed E-state index contributed by atoms with van der Waals surface area (Å²) in [6, 6.07) is 10.5. The minimum Gasteiger partial charge on any atom is -0.505 e. The van der Waals surface area contributed by atoms with Gasteiger partial charge in [0.2, 0.25) is 0 Å². The molecular weight excluding hydrogens is 354 g/mol. The Hall–Kier alpha value is -3.75. The molecule has 140 valence electrons. The molecule has 1 amide bonds. The van der Waals surface area contributed by atoms with Crippen LogP contribution in [0.15, 0.2) is 52.7 Å². The molecule has 2 aromatic carbocycles. The smallest absolute Gasteiger partial charge is 0.341 e. The van der Waals surface area contributed by atoms with Crippen molar-refractivity contribution in [2.75, 3.05) is 13.7 Å². The number of benzene rings is 2. The first kappa shape index (κ1) is 19.6. The van der Waals surface area contributed by atoms with E-state index in [1.165, 1.54) is 49.6 Å². The van der Waals surface area contributed by atoms with E-state index in [4.69, 9.17) is 5.11 Å². The predicted molar refractivity (Wildman–Crippen MR) is 94.7 cm³/mol. The van der Waals surface area contributed by atoms with Gasteiger partial charge in [-0.1, -0.05) is 6.07 Å². The van der Waals surface area contributed by atoms with Gasteiger partial charge in [-0.15, -0.1) is 5.11 Å². The Morgan fingerprint density at radius 1 is 1.07 bits per heavy atom. The molecule has 0 spiro atoms. The number of phenolic OH excluding ortho intramolecular Hbond substituents is 1. The number of hydrogen-bond donors (Lipinski definition) is 3. The number of carboxylic acid groups (broad SMARTS) is 1. The van der Waals surface area contributed by atoms with Crippen LogP contribution >= 0.6 is 0 Å². The molecule has 0 aliphatic carbocycles. The molecule has 0 atom stereocenters. The van der Waals surface area contributed by atoms with E-state index >= 15 is 0 Å². The summed E-state index contributed by atoms with van der Waals surface area (Å²) in [5.74, 6) is -2.43. The molecule has 0 aliphatic rings. The third-order valence-corrected chi connectivity index (χ3v) is 3.45. The number of azo groups is 1. The summed E-state index contributed by atoms with van der Waals surface area (Å²) in [5, 5.41) is 28.9. The number of phenols is 1. The van der Waals surface area contributed by atoms with Gasteiger partial charge in [0.15, 0.2) is 5.75 Å². The van der Waals surface area contributed by atoms with Crippen LogP contribution in [-0.4, -0.2) is 41.7 Å². The third kappa shape index (κ3) is 5.36. The van der Waals surface area contributed by atoms with Crippen LogP contribution in [0.2, 0.25) is 0 Å². The van der Waals surface area contributed by atoms with Crippen molar-refractivity contribution >= 4 is 29.2 Å². The van der Waals surface area contributed by atoms with Crippen LogP contribution < -0.4 is 5.32 Å². The molecular formula is C18H17N3O6. The van der Waals surface area contributed by atoms with E-state index in [0.29, 0.717) is 11.3 Å². The standard InChI is InChI=1S/C18H17N3O6/c1-27-18(26)13-3-2-4-14(16(13)24)21-20-12-7-5-11(6-8-12)17(25)19-10-9-15(22)23/h2-8,24H,9-10H2,1H3,(H,19,25)(H,22,23). The fourth-order valence-corrected chi connectivity index (χ4v) is 2.06. The summed E-state index contributed by atoms with van der Waals surface area (Å²) < 4.78 is 4.57. The maximum absolute atomic E-state index is 11.9. The number of aromatic hydroxyl groups is 1. The van der Waals surface area contributed by atoms with E-state index in [1.807, 2.05) is 0 Å². The minimum absolute atomic E-state index is 0.0256. The number of methoxy groups -OCH3 is 1. The Bertz CT molecular complexity index is 877. The average Bonchev–Trinajstić information content (AvgIpc) is 2.66. The Morgan fingerprint density at radius 3 is 2.41 bits per heavy atom. The lowest BCUT2D eigenvalue weighted by molar-refractivity contribution is -0.136. The van der Waals surface area contributed by atoms with Gasteiger partial charge < -0.3 is 20.3 Å². The molecule has 3 N–H and O–H groups in total. The molecule has 0 aromatic heterocycles. The molecule has 0 aliphatic heterocycles. The highest BCUT2D eigenvalue weighted by Crippen LogP contribution is 2.31. The number of amides is 1. The van der Waals surface area contributed by atoms with Crippen molar-refractivity contribution in [1.82, 2.24) is 5.32 Å². The Balaban J connectivity index is 2.07. The van der Waals surface area contributed by atoms with Gasteiger partial charge in [-0.05, 0) is 36.4 Å². The summed E-state index contributed by atoms with van der Waals surface area (Å²) >= 11 is 0. The van der Waals surface area contributed by atoms with Crippen LogP contribution in [0.1, 0.15) is 27.1 Å². The van der Waals surface area contributed by atoms with Crippen LogP contribution in [0, 0.1) is 0 Å². The van der Waals surface area contributed by atoms with Crippen LogP contribution in [0.5, 0.6) is 5.75 Å². The first-order valence-corrected chi connectivity index (χ1v) is 7.84. The van der Waals surface area contributed by atoms with Gasteiger partial charge in [0.05, 0.1) is 19.2 Å². The fourth-order valence-electron chi connectivity index (χ4n) is 2.06. The zero-order valence-electron chi connectivity index (χ0n) is 14.4. The molecule has 27 heavy (non-hydrogen) atoms. The van der Waals surface area contributed by atoms with Crippen molar-refractivity contribution in [3.05, 3.63) is 53.6 Å². The number of carbonyl (C=O) groups is 3. The summed E-state index contributed by atoms with van der Waals surface area (Å²) in [7, 11) is 1.20. The topological polar surface area (TPSA) is 138 Å². The Kier molecular flexibility index (Phi) is 6.59. The first-order chi connectivity index (χ1) is 12.9. The molecule has 0 heterocycles. The van der Waals surface area contributed by atoms with Gasteiger partial charge >= 0.3 is 11.9 Å². The van der Waals surface area contributed by atoms with Gasteiger partial charge in [0.1, 0.15) is 11.3 Å². The van der Waals surface area contributed by atoms with Crippen molar-refractivity contribution < 1.29 is 29.3 Å². The number of esters is 1. The number of carbonyl (C=O) groups excluding carboxylic acids is 2. The van der Waals surface area contributed by atoms with Crippen LogP contribution in [-0.2, 0) is 9.53 Å². The summed E-state index contributed by atoms with van der Waals surface area (Å²) in [4.78, 5) is 33.8. The monoisotopic (exact) mass is 371 g/mol. The van der Waals surface area contributed by atoms with Crippen LogP contribution in [0.25, 0.3) is 0 Å². The summed E-state index contributed by atoms with van der Waals surface area (Å²) in [6.07, 6.45) is -0.161. The third-order valence-electron chi connectivity index (χ3n) is 3.45. The number of aliphatic carboxylic acids is 1. The van der Waals surface area contributed by atoms with E-state index in [0.717, 1.165) is 0 Å². The lowest BCUT2D eigenvalue weighted by atomic mass is 10.2. The number of rotatable bonds is 7. The average molecular weight is 371 g/mol. The SMILES string of the molecule is COC(=O)c1cccc(N=Nc2ccc(C(=O)NCCC(=O)O)cc2)c1O. The fraction of sp³-hybridized carbons (Fsp3) is 0.167. The molecule has 0 saturated carbocycles. The summed E-state index contributed by atoms with van der Waals surface area (Å²) in [6.45, 7) is 0.0332. The maximum Gasteiger partial charge on any atom is 0.341 e. The van der Waals surface area contributed by atoms with Gasteiger partial charge in [-0.2, -0.15) is 5.11 Å². The number of nitrogens with zero attached hydrogens (tertiary/aromatic N) is 2. The van der Waals surface area contributed by atoms with Crippen LogP contribution in [0.4, 0.5) is 11.4 Å². The van der Waals surface area contributed by atoms with E-state index in [1.54, 1.807) is 0 Å². The molecule has 9 nitrogen and oxygen atoms in total. The van der Waals surface area contributed by atoms with Crippen molar-refractivity contribution in [3.63, 3.8) is 0 Å². The molecule has 9 heteroatoms. The van der Waals surface area contributed by atoms with Crippen molar-refractivity contribution in [2.45, 2.75) is 6.42 Å². The Morgan fingerprint density at radius 2 is 1.78 bits per heavy atom. The molecule has 0 radical (unpaired) electrons. The maximum atomic E-state index is 11.9. The molecule has 0 saturated heterocycles. The second kappa shape index (κ2) is 9.09. The zero-order chi connectivity index (χ0) is 19.8. The second-order valence-corrected chi connectivity index (χ2v) is 5.31. The molecule has 2 rings (SSSR count). The number of nitrogens with one attached hydrogen (secondary N) is 1. The van der Waals surface area contributed by atoms with Crippen molar-refractivity contribution in [1.29, 1.82) is 0 Å². The number of hydrogen-bond acceptors (Lipinski definition) is 7. The summed E-state index contributed by atoms with van der Waals surface area (Å²) in [5.41, 5.74) is 0.825. The van der Waals surface area contributed by atoms with Crippen LogP contribution in [0.3, 0.4) is 0 Å². The quantitative estimate of drug-likeness (QED) is 0.505. The Labute approximate surface area is 154 Å². The van der Waals surface area contributed by atoms with Gasteiger partial charge in [0, 0.05) is 12.1 Å². The van der Waals surface area contributed by atoms with Gasteiger partial charge in [-0.25, -0.2) is 4.79 Å². The minimum atomic E-state index is -0.995. The number of carboxylic acids is 1. The molecule has 0 bridgehead atoms. The molecule has 0 fully saturated rings. The van der Waals surface area contributed by atoms with E-state index in [-0.39, 0.29) is 30.0 Å². The lowest BCUT2D eigenvalue weighted by Crippen LogP contribution is -2.25. The predicted octanol–water partition coefficient (Wildman–Crippen LogP) is 2.80. The number of ether oxygens (including phenoxy) is 1. The zero-order valence-corrected chi connectivity index (χ0v) is 14.4. The van der Waals surface area contributed by atoms with Gasteiger partial charge in [0.25, 0.3) is 5.91 Å². The van der Waals surface area contributed by atoms with Gasteiger partial charge in [-0.3, -0.25) is 9.59 Å². The largest absolute Gasteiger partial charge is 0.505 e.